The molecule has 5 nitrogen and oxygen atoms in total. The normalized spacial score (nSPS) is 30.7. The monoisotopic (exact) mass is 367 g/mol. The maximum Gasteiger partial charge on any atom is 0.257 e. The van der Waals surface area contributed by atoms with Crippen LogP contribution < -0.4 is 15.2 Å². The van der Waals surface area contributed by atoms with Crippen molar-refractivity contribution in [1.29, 1.82) is 0 Å². The zero-order valence-electron chi connectivity index (χ0n) is 16.0. The van der Waals surface area contributed by atoms with Gasteiger partial charge >= 0.3 is 0 Å². The van der Waals surface area contributed by atoms with Crippen molar-refractivity contribution in [2.45, 2.75) is 56.8 Å². The zero-order chi connectivity index (χ0) is 18.8. The Hall–Kier alpha value is -2.11. The lowest BCUT2D eigenvalue weighted by Crippen LogP contribution is -2.47. The first-order chi connectivity index (χ1) is 13.1. The molecule has 5 heteroatoms. The van der Waals surface area contributed by atoms with Gasteiger partial charge in [0.05, 0.1) is 0 Å². The van der Waals surface area contributed by atoms with E-state index in [0.717, 1.165) is 25.0 Å². The third-order valence-corrected chi connectivity index (χ3v) is 5.96. The number of nitrogens with zero attached hydrogens (tertiary/aromatic N) is 2. The van der Waals surface area contributed by atoms with Gasteiger partial charge in [-0.25, -0.2) is 4.98 Å². The molecule has 0 radical (unpaired) electrons. The van der Waals surface area contributed by atoms with E-state index in [1.54, 1.807) is 6.20 Å². The SMILES string of the molecule is C=C(/C=C\C(=C/C)CN1[C@@H]2CC[C@H]1C[C@@H](N)C2)[C@H]1COc2cccnc2O1. The molecule has 1 aromatic rings. The van der Waals surface area contributed by atoms with Gasteiger partial charge in [0.25, 0.3) is 5.88 Å². The first-order valence-corrected chi connectivity index (χ1v) is 9.92. The van der Waals surface area contributed by atoms with Crippen molar-refractivity contribution in [1.82, 2.24) is 9.88 Å². The summed E-state index contributed by atoms with van der Waals surface area (Å²) in [5, 5.41) is 0. The summed E-state index contributed by atoms with van der Waals surface area (Å²) in [6.45, 7) is 7.72. The first-order valence-electron chi connectivity index (χ1n) is 9.92. The minimum absolute atomic E-state index is 0.203. The molecule has 27 heavy (non-hydrogen) atoms. The van der Waals surface area contributed by atoms with Crippen molar-refractivity contribution in [3.63, 3.8) is 0 Å². The Bertz CT molecular complexity index is 744. The van der Waals surface area contributed by atoms with Gasteiger partial charge in [0, 0.05) is 30.9 Å². The number of hydrogen-bond acceptors (Lipinski definition) is 5. The molecule has 1 aromatic heterocycles. The molecule has 2 fully saturated rings. The maximum atomic E-state index is 6.20. The number of rotatable bonds is 5. The Balaban J connectivity index is 1.36. The molecule has 2 N–H and O–H groups in total. The summed E-state index contributed by atoms with van der Waals surface area (Å²) in [6, 6.07) is 5.37. The lowest BCUT2D eigenvalue weighted by Gasteiger charge is -2.38. The fourth-order valence-electron chi connectivity index (χ4n) is 4.44. The molecule has 4 rings (SSSR count). The molecule has 144 valence electrons. The van der Waals surface area contributed by atoms with Gasteiger partial charge in [-0.05, 0) is 55.9 Å². The summed E-state index contributed by atoms with van der Waals surface area (Å²) in [4.78, 5) is 6.87. The average Bonchev–Trinajstić information content (AvgIpc) is 2.92. The van der Waals surface area contributed by atoms with Crippen LogP contribution in [0.5, 0.6) is 11.6 Å². The topological polar surface area (TPSA) is 60.6 Å². The Labute approximate surface area is 161 Å². The summed E-state index contributed by atoms with van der Waals surface area (Å²) in [6.07, 6.45) is 12.7. The van der Waals surface area contributed by atoms with E-state index in [1.165, 1.54) is 18.4 Å². The predicted octanol–water partition coefficient (Wildman–Crippen LogP) is 3.23. The second-order valence-electron chi connectivity index (χ2n) is 7.78. The number of aromatic nitrogens is 1. The van der Waals surface area contributed by atoms with E-state index in [2.05, 4.69) is 41.6 Å². The van der Waals surface area contributed by atoms with Crippen LogP contribution in [0.4, 0.5) is 0 Å². The third kappa shape index (κ3) is 3.94. The number of allylic oxidation sites excluding steroid dienone is 1. The zero-order valence-corrected chi connectivity index (χ0v) is 16.0. The molecule has 3 aliphatic rings. The maximum absolute atomic E-state index is 6.20. The summed E-state index contributed by atoms with van der Waals surface area (Å²) in [5.74, 6) is 1.23. The second kappa shape index (κ2) is 7.87. The van der Waals surface area contributed by atoms with Gasteiger partial charge in [-0.1, -0.05) is 24.8 Å². The minimum atomic E-state index is -0.203. The van der Waals surface area contributed by atoms with Gasteiger partial charge in [-0.2, -0.15) is 0 Å². The lowest BCUT2D eigenvalue weighted by atomic mass is 9.97. The Morgan fingerprint density at radius 2 is 2.11 bits per heavy atom. The van der Waals surface area contributed by atoms with E-state index >= 15 is 0 Å². The fourth-order valence-corrected chi connectivity index (χ4v) is 4.44. The van der Waals surface area contributed by atoms with Crippen LogP contribution >= 0.6 is 0 Å². The highest BCUT2D eigenvalue weighted by atomic mass is 16.6. The van der Waals surface area contributed by atoms with Gasteiger partial charge in [0.15, 0.2) is 11.9 Å². The van der Waals surface area contributed by atoms with Crippen molar-refractivity contribution in [3.8, 4) is 11.6 Å². The standard InChI is InChI=1S/C22H29N3O2/c1-3-16(13-25-18-8-9-19(25)12-17(23)11-18)7-6-15(2)21-14-26-20-5-4-10-24-22(20)27-21/h3-7,10,17-19,21H,2,8-9,11-14,23H2,1H3/b7-6-,16-3+/t17-,18+,19-,21-/m1/s1. The molecule has 0 unspecified atom stereocenters. The van der Waals surface area contributed by atoms with Gasteiger partial charge in [-0.15, -0.1) is 0 Å². The van der Waals surface area contributed by atoms with Crippen LogP contribution in [0.2, 0.25) is 0 Å². The molecule has 0 aromatic carbocycles. The molecule has 0 saturated carbocycles. The Morgan fingerprint density at radius 3 is 2.85 bits per heavy atom. The molecule has 2 saturated heterocycles. The number of ether oxygens (including phenoxy) is 2. The molecule has 0 amide bonds. The summed E-state index contributed by atoms with van der Waals surface area (Å²) >= 11 is 0. The molecule has 3 aliphatic heterocycles. The van der Waals surface area contributed by atoms with E-state index in [0.29, 0.717) is 36.4 Å². The smallest absolute Gasteiger partial charge is 0.257 e. The number of pyridine rings is 1. The predicted molar refractivity (Wildman–Crippen MR) is 107 cm³/mol. The van der Waals surface area contributed by atoms with Crippen LogP contribution in [-0.2, 0) is 0 Å². The second-order valence-corrected chi connectivity index (χ2v) is 7.78. The summed E-state index contributed by atoms with van der Waals surface area (Å²) < 4.78 is 11.7. The third-order valence-electron chi connectivity index (χ3n) is 5.96. The van der Waals surface area contributed by atoms with Crippen molar-refractivity contribution in [2.24, 2.45) is 5.73 Å². The number of hydrogen-bond donors (Lipinski definition) is 1. The number of piperidine rings is 1. The van der Waals surface area contributed by atoms with Crippen LogP contribution in [-0.4, -0.2) is 47.3 Å². The first kappa shape index (κ1) is 18.3. The van der Waals surface area contributed by atoms with Crippen LogP contribution in [0, 0.1) is 0 Å². The van der Waals surface area contributed by atoms with Gasteiger partial charge in [0.2, 0.25) is 0 Å². The quantitative estimate of drug-likeness (QED) is 0.810. The molecule has 4 atom stereocenters. The fraction of sp³-hybridized carbons (Fsp3) is 0.500. The van der Waals surface area contributed by atoms with E-state index in [-0.39, 0.29) is 6.10 Å². The molecule has 2 bridgehead atoms. The van der Waals surface area contributed by atoms with Crippen LogP contribution in [0.1, 0.15) is 32.6 Å². The molecular formula is C22H29N3O2. The largest absolute Gasteiger partial charge is 0.484 e. The molecule has 0 aliphatic carbocycles. The van der Waals surface area contributed by atoms with Crippen molar-refractivity contribution >= 4 is 0 Å². The lowest BCUT2D eigenvalue weighted by molar-refractivity contribution is 0.111. The van der Waals surface area contributed by atoms with Crippen LogP contribution in [0.15, 0.2) is 54.3 Å². The summed E-state index contributed by atoms with van der Waals surface area (Å²) in [7, 11) is 0. The molecule has 4 heterocycles. The Morgan fingerprint density at radius 1 is 1.33 bits per heavy atom. The van der Waals surface area contributed by atoms with E-state index in [1.807, 2.05) is 12.1 Å². The summed E-state index contributed by atoms with van der Waals surface area (Å²) in [5.41, 5.74) is 8.40. The van der Waals surface area contributed by atoms with Crippen molar-refractivity contribution in [2.75, 3.05) is 13.2 Å². The average molecular weight is 367 g/mol. The van der Waals surface area contributed by atoms with Crippen LogP contribution in [0.3, 0.4) is 0 Å². The molecule has 0 spiro atoms. The Kier molecular flexibility index (Phi) is 5.32. The highest BCUT2D eigenvalue weighted by Gasteiger charge is 2.39. The van der Waals surface area contributed by atoms with Crippen molar-refractivity contribution in [3.05, 3.63) is 54.3 Å². The van der Waals surface area contributed by atoms with Crippen molar-refractivity contribution < 1.29 is 9.47 Å². The van der Waals surface area contributed by atoms with E-state index < -0.39 is 0 Å². The highest BCUT2D eigenvalue weighted by Crippen LogP contribution is 2.35. The number of nitrogens with two attached hydrogens (primary N) is 1. The van der Waals surface area contributed by atoms with Gasteiger partial charge in [0.1, 0.15) is 6.61 Å². The highest BCUT2D eigenvalue weighted by molar-refractivity contribution is 5.37. The van der Waals surface area contributed by atoms with Crippen LogP contribution in [0.25, 0.3) is 0 Å². The molecular weight excluding hydrogens is 338 g/mol. The number of fused-ring (bicyclic) bond motifs is 3. The minimum Gasteiger partial charge on any atom is -0.484 e. The van der Waals surface area contributed by atoms with E-state index in [9.17, 15) is 0 Å². The van der Waals surface area contributed by atoms with E-state index in [4.69, 9.17) is 15.2 Å². The van der Waals surface area contributed by atoms with Gasteiger partial charge in [-0.3, -0.25) is 4.90 Å². The van der Waals surface area contributed by atoms with Gasteiger partial charge < -0.3 is 15.2 Å².